The van der Waals surface area contributed by atoms with E-state index in [-0.39, 0.29) is 27.6 Å². The van der Waals surface area contributed by atoms with Gasteiger partial charge in [0.1, 0.15) is 22.4 Å². The van der Waals surface area contributed by atoms with E-state index in [0.29, 0.717) is 52.5 Å². The number of ether oxygens (including phenoxy) is 1. The van der Waals surface area contributed by atoms with Crippen LogP contribution in [0.2, 0.25) is 0 Å². The Morgan fingerprint density at radius 1 is 1.28 bits per heavy atom. The summed E-state index contributed by atoms with van der Waals surface area (Å²) in [6.45, 7) is 16.5. The molecule has 1 fully saturated rings. The first kappa shape index (κ1) is 32.6. The smallest absolute Gasteiger partial charge is 0.225 e. The predicted molar refractivity (Wildman–Crippen MR) is 174 cm³/mol. The van der Waals surface area contributed by atoms with E-state index < -0.39 is 11.6 Å². The van der Waals surface area contributed by atoms with E-state index in [2.05, 4.69) is 43.6 Å². The summed E-state index contributed by atoms with van der Waals surface area (Å²) in [6.07, 6.45) is 7.32. The minimum absolute atomic E-state index is 0.154. The third-order valence-electron chi connectivity index (χ3n) is 8.23. The number of halogens is 2. The fourth-order valence-corrected chi connectivity index (χ4v) is 6.83. The van der Waals surface area contributed by atoms with Crippen LogP contribution in [0.5, 0.6) is 0 Å². The largest absolute Gasteiger partial charge is 0.389 e. The number of anilines is 2. The molecule has 6 nitrogen and oxygen atoms in total. The number of nitrogens with zero attached hydrogens (tertiary/aromatic N) is 4. The van der Waals surface area contributed by atoms with Gasteiger partial charge in [-0.25, -0.2) is 18.7 Å². The summed E-state index contributed by atoms with van der Waals surface area (Å²) in [4.78, 5) is 11.6. The van der Waals surface area contributed by atoms with E-state index in [1.807, 2.05) is 13.8 Å². The van der Waals surface area contributed by atoms with Crippen LogP contribution in [-0.4, -0.2) is 23.1 Å². The van der Waals surface area contributed by atoms with E-state index >= 15 is 8.78 Å². The highest BCUT2D eigenvalue weighted by molar-refractivity contribution is 7.17. The number of thiophene rings is 1. The van der Waals surface area contributed by atoms with Gasteiger partial charge >= 0.3 is 0 Å². The first-order valence-corrected chi connectivity index (χ1v) is 16.1. The summed E-state index contributed by atoms with van der Waals surface area (Å²) in [5.41, 5.74) is 9.97. The van der Waals surface area contributed by atoms with Gasteiger partial charge in [-0.15, -0.1) is 11.3 Å². The molecule has 2 N–H and O–H groups in total. The van der Waals surface area contributed by atoms with Crippen LogP contribution >= 0.6 is 11.3 Å². The zero-order valence-corrected chi connectivity index (χ0v) is 27.2. The second kappa shape index (κ2) is 14.0. The van der Waals surface area contributed by atoms with Crippen molar-refractivity contribution in [2.45, 2.75) is 87.4 Å². The second-order valence-electron chi connectivity index (χ2n) is 11.9. The van der Waals surface area contributed by atoms with Crippen LogP contribution < -0.4 is 10.6 Å². The Balaban J connectivity index is 0.000000641. The molecule has 0 aliphatic carbocycles. The molecule has 0 spiro atoms. The van der Waals surface area contributed by atoms with E-state index in [1.165, 1.54) is 18.9 Å². The van der Waals surface area contributed by atoms with E-state index in [4.69, 9.17) is 15.5 Å². The van der Waals surface area contributed by atoms with Gasteiger partial charge in [-0.2, -0.15) is 5.26 Å². The molecule has 1 aromatic carbocycles. The van der Waals surface area contributed by atoms with Crippen molar-refractivity contribution in [3.63, 3.8) is 0 Å². The number of hydrogen-bond donors (Lipinski definition) is 1. The van der Waals surface area contributed by atoms with Crippen LogP contribution in [0.4, 0.5) is 19.7 Å². The van der Waals surface area contributed by atoms with Crippen LogP contribution in [0.3, 0.4) is 0 Å². The molecule has 0 bridgehead atoms. The zero-order chi connectivity index (χ0) is 31.4. The van der Waals surface area contributed by atoms with Gasteiger partial charge in [-0.1, -0.05) is 59.1 Å². The Bertz CT molecular complexity index is 1600. The summed E-state index contributed by atoms with van der Waals surface area (Å²) in [7, 11) is 0. The Hall–Kier alpha value is -3.35. The third-order valence-corrected chi connectivity index (χ3v) is 9.26. The van der Waals surface area contributed by atoms with E-state index in [1.54, 1.807) is 13.1 Å². The van der Waals surface area contributed by atoms with Crippen molar-refractivity contribution in [1.82, 2.24) is 9.97 Å². The number of rotatable bonds is 7. The number of nitrogens with two attached hydrogens (primary N) is 1. The number of hydrogen-bond acceptors (Lipinski definition) is 7. The topological polar surface area (TPSA) is 88.1 Å². The molecule has 1 unspecified atom stereocenters. The van der Waals surface area contributed by atoms with Crippen molar-refractivity contribution in [3.05, 3.63) is 56.4 Å². The van der Waals surface area contributed by atoms with E-state index in [0.717, 1.165) is 47.9 Å². The minimum atomic E-state index is -0.515. The number of benzene rings is 1. The lowest BCUT2D eigenvalue weighted by molar-refractivity contribution is 0.134. The monoisotopic (exact) mass is 607 g/mol. The van der Waals surface area contributed by atoms with E-state index in [9.17, 15) is 5.26 Å². The standard InChI is InChI=1S/C28H29F2N5OS.C6H14/c1-5-15(4)21(23-16(9-31)27(32)37-26(23)20(29)6-2)22-19-13-36-12-18(19)17-10-33-28(34-25(17)24(22)30)35-8-7-14(3)11-35;1-4-5-6(2)3/h6,10,14H,5,7-8,11-13,32H2,1-4H3;6H,4-5H2,1-3H3/b20-6+,21-15+;. The first-order valence-electron chi connectivity index (χ1n) is 15.2. The van der Waals surface area contributed by atoms with Gasteiger partial charge in [0, 0.05) is 35.8 Å². The van der Waals surface area contributed by atoms with Crippen molar-refractivity contribution in [2.24, 2.45) is 11.8 Å². The first-order chi connectivity index (χ1) is 20.6. The predicted octanol–water partition coefficient (Wildman–Crippen LogP) is 9.17. The quantitative estimate of drug-likeness (QED) is 0.288. The summed E-state index contributed by atoms with van der Waals surface area (Å²) in [5, 5.41) is 10.8. The van der Waals surface area contributed by atoms with Gasteiger partial charge in [0.15, 0.2) is 5.82 Å². The molecule has 230 valence electrons. The number of nitrogen functional groups attached to an aromatic ring is 1. The van der Waals surface area contributed by atoms with Gasteiger partial charge in [-0.3, -0.25) is 0 Å². The van der Waals surface area contributed by atoms with Crippen LogP contribution in [-0.2, 0) is 18.0 Å². The molecule has 9 heteroatoms. The average Bonchev–Trinajstić information content (AvgIpc) is 3.73. The molecule has 2 aromatic heterocycles. The summed E-state index contributed by atoms with van der Waals surface area (Å²) in [5.74, 6) is 0.893. The molecule has 5 rings (SSSR count). The van der Waals surface area contributed by atoms with Gasteiger partial charge in [0.2, 0.25) is 5.95 Å². The maximum atomic E-state index is 16.7. The lowest BCUT2D eigenvalue weighted by Gasteiger charge is -2.20. The number of fused-ring (bicyclic) bond motifs is 3. The molecule has 1 atom stereocenters. The number of aromatic nitrogens is 2. The van der Waals surface area contributed by atoms with Crippen LogP contribution in [0.15, 0.2) is 17.8 Å². The molecule has 2 aliphatic heterocycles. The fraction of sp³-hybridized carbons (Fsp3) is 0.500. The Kier molecular flexibility index (Phi) is 10.6. The Labute approximate surface area is 258 Å². The van der Waals surface area contributed by atoms with Crippen molar-refractivity contribution < 1.29 is 13.5 Å². The van der Waals surface area contributed by atoms with Crippen LogP contribution in [0.25, 0.3) is 22.3 Å². The second-order valence-corrected chi connectivity index (χ2v) is 12.9. The lowest BCUT2D eigenvalue weighted by Crippen LogP contribution is -2.21. The normalized spacial score (nSPS) is 17.2. The van der Waals surface area contributed by atoms with Gasteiger partial charge in [-0.05, 0) is 55.2 Å². The molecular formula is C34H43F2N5OS. The Morgan fingerprint density at radius 2 is 2.00 bits per heavy atom. The average molecular weight is 608 g/mol. The van der Waals surface area contributed by atoms with Gasteiger partial charge in [0.25, 0.3) is 0 Å². The molecule has 2 aliphatic rings. The lowest BCUT2D eigenvalue weighted by atomic mass is 9.85. The molecule has 43 heavy (non-hydrogen) atoms. The molecule has 3 aromatic rings. The zero-order valence-electron chi connectivity index (χ0n) is 26.4. The highest BCUT2D eigenvalue weighted by atomic mass is 32.1. The molecule has 0 radical (unpaired) electrons. The molecule has 0 saturated carbocycles. The van der Waals surface area contributed by atoms with Gasteiger partial charge < -0.3 is 15.4 Å². The molecule has 0 amide bonds. The maximum absolute atomic E-state index is 16.7. The van der Waals surface area contributed by atoms with Crippen molar-refractivity contribution in [2.75, 3.05) is 23.7 Å². The fourth-order valence-electron chi connectivity index (χ4n) is 5.84. The third kappa shape index (κ3) is 6.46. The number of allylic oxidation sites excluding steroid dienone is 2. The Morgan fingerprint density at radius 3 is 2.56 bits per heavy atom. The SMILES string of the molecule is C/C=C(/F)c1sc(N)c(C#N)c1/C(=C(\C)CC)c1c2c(c3cnc(N4CCC(C)C4)nc3c1F)COC2.CCCC(C)C. The van der Waals surface area contributed by atoms with Crippen molar-refractivity contribution >= 4 is 44.6 Å². The molecular weight excluding hydrogens is 564 g/mol. The minimum Gasteiger partial charge on any atom is -0.389 e. The van der Waals surface area contributed by atoms with Crippen LogP contribution in [0, 0.1) is 29.0 Å². The maximum Gasteiger partial charge on any atom is 0.225 e. The van der Waals surface area contributed by atoms with Crippen molar-refractivity contribution in [1.29, 1.82) is 5.26 Å². The van der Waals surface area contributed by atoms with Crippen molar-refractivity contribution in [3.8, 4) is 6.07 Å². The van der Waals surface area contributed by atoms with Crippen LogP contribution in [0.1, 0.15) is 107 Å². The highest BCUT2D eigenvalue weighted by Crippen LogP contribution is 2.47. The summed E-state index contributed by atoms with van der Waals surface area (Å²) in [6, 6.07) is 2.14. The summed E-state index contributed by atoms with van der Waals surface area (Å²) >= 11 is 1.00. The molecule has 1 saturated heterocycles. The summed E-state index contributed by atoms with van der Waals surface area (Å²) < 4.78 is 37.7. The highest BCUT2D eigenvalue weighted by Gasteiger charge is 2.33. The molecule has 4 heterocycles. The van der Waals surface area contributed by atoms with Gasteiger partial charge in [0.05, 0.1) is 23.7 Å². The number of nitriles is 1.